The summed E-state index contributed by atoms with van der Waals surface area (Å²) in [7, 11) is 0. The van der Waals surface area contributed by atoms with E-state index in [1.165, 1.54) is 16.7 Å². The quantitative estimate of drug-likeness (QED) is 0.767. The molecule has 2 heteroatoms. The lowest BCUT2D eigenvalue weighted by atomic mass is 9.99. The maximum absolute atomic E-state index is 5.58. The summed E-state index contributed by atoms with van der Waals surface area (Å²) in [5.41, 5.74) is 3.79. The van der Waals surface area contributed by atoms with Crippen LogP contribution in [0.2, 0.25) is 0 Å². The molecule has 2 aromatic rings. The highest BCUT2D eigenvalue weighted by atomic mass is 16.3. The molecular weight excluding hydrogens is 234 g/mol. The van der Waals surface area contributed by atoms with Gasteiger partial charge in [0.05, 0.1) is 12.8 Å². The Bertz CT molecular complexity index is 496. The van der Waals surface area contributed by atoms with E-state index in [0.717, 1.165) is 25.3 Å². The summed E-state index contributed by atoms with van der Waals surface area (Å²) in [5.74, 6) is 1.59. The van der Waals surface area contributed by atoms with E-state index in [-0.39, 0.29) is 0 Å². The molecule has 1 N–H and O–H groups in total. The summed E-state index contributed by atoms with van der Waals surface area (Å²) in [6, 6.07) is 10.8. The Balaban J connectivity index is 2.15. The molecule has 0 aliphatic rings. The molecule has 0 unspecified atom stereocenters. The zero-order valence-corrected chi connectivity index (χ0v) is 12.1. The predicted octanol–water partition coefficient (Wildman–Crippen LogP) is 4.57. The van der Waals surface area contributed by atoms with Gasteiger partial charge in [0.2, 0.25) is 0 Å². The highest BCUT2D eigenvalue weighted by Crippen LogP contribution is 2.26. The minimum absolute atomic E-state index is 0.573. The van der Waals surface area contributed by atoms with Crippen molar-refractivity contribution in [2.75, 3.05) is 6.54 Å². The van der Waals surface area contributed by atoms with Crippen LogP contribution in [-0.4, -0.2) is 6.54 Å². The second-order valence-electron chi connectivity index (χ2n) is 5.21. The number of nitrogens with one attached hydrogen (secondary N) is 1. The molecule has 19 heavy (non-hydrogen) atoms. The first-order valence-electron chi connectivity index (χ1n) is 7.09. The Morgan fingerprint density at radius 1 is 1.11 bits per heavy atom. The van der Waals surface area contributed by atoms with Gasteiger partial charge in [0.15, 0.2) is 0 Å². The van der Waals surface area contributed by atoms with Crippen LogP contribution in [0.3, 0.4) is 0 Å². The Kier molecular flexibility index (Phi) is 4.80. The zero-order valence-electron chi connectivity index (χ0n) is 12.1. The van der Waals surface area contributed by atoms with Crippen molar-refractivity contribution in [2.24, 2.45) is 0 Å². The number of furan rings is 1. The van der Waals surface area contributed by atoms with Crippen LogP contribution in [0.5, 0.6) is 0 Å². The number of rotatable bonds is 6. The maximum atomic E-state index is 5.58. The molecule has 0 atom stereocenters. The number of benzene rings is 1. The molecule has 0 aliphatic carbocycles. The summed E-state index contributed by atoms with van der Waals surface area (Å²) in [6.45, 7) is 8.41. The second kappa shape index (κ2) is 6.58. The Morgan fingerprint density at radius 3 is 2.47 bits per heavy atom. The topological polar surface area (TPSA) is 25.2 Å². The van der Waals surface area contributed by atoms with Gasteiger partial charge < -0.3 is 9.73 Å². The molecule has 0 saturated carbocycles. The molecule has 0 bridgehead atoms. The van der Waals surface area contributed by atoms with Crippen molar-refractivity contribution in [2.45, 2.75) is 39.7 Å². The average molecular weight is 257 g/mol. The highest BCUT2D eigenvalue weighted by Gasteiger charge is 2.08. The van der Waals surface area contributed by atoms with Crippen LogP contribution < -0.4 is 5.32 Å². The normalized spacial score (nSPS) is 11.2. The fourth-order valence-electron chi connectivity index (χ4n) is 2.16. The van der Waals surface area contributed by atoms with Crippen molar-refractivity contribution in [3.63, 3.8) is 0 Å². The van der Waals surface area contributed by atoms with E-state index < -0.39 is 0 Å². The third-order valence-corrected chi connectivity index (χ3v) is 3.35. The molecule has 1 aromatic carbocycles. The average Bonchev–Trinajstić information content (AvgIpc) is 2.87. The molecule has 0 fully saturated rings. The molecule has 0 radical (unpaired) electrons. The van der Waals surface area contributed by atoms with Crippen molar-refractivity contribution in [3.8, 4) is 11.1 Å². The van der Waals surface area contributed by atoms with E-state index in [1.807, 2.05) is 6.07 Å². The predicted molar refractivity (Wildman–Crippen MR) is 80.2 cm³/mol. The van der Waals surface area contributed by atoms with Gasteiger partial charge in [-0.05, 0) is 36.1 Å². The lowest BCUT2D eigenvalue weighted by Gasteiger charge is -2.07. The van der Waals surface area contributed by atoms with E-state index in [0.29, 0.717) is 5.92 Å². The van der Waals surface area contributed by atoms with Gasteiger partial charge >= 0.3 is 0 Å². The Labute approximate surface area is 115 Å². The minimum Gasteiger partial charge on any atom is -0.467 e. The van der Waals surface area contributed by atoms with Crippen LogP contribution >= 0.6 is 0 Å². The van der Waals surface area contributed by atoms with Gasteiger partial charge in [-0.25, -0.2) is 0 Å². The van der Waals surface area contributed by atoms with E-state index in [1.54, 1.807) is 6.26 Å². The van der Waals surface area contributed by atoms with Crippen LogP contribution in [0.15, 0.2) is 41.0 Å². The lowest BCUT2D eigenvalue weighted by Crippen LogP contribution is -2.13. The second-order valence-corrected chi connectivity index (χ2v) is 5.21. The first-order valence-corrected chi connectivity index (χ1v) is 7.09. The van der Waals surface area contributed by atoms with Gasteiger partial charge in [0.25, 0.3) is 0 Å². The summed E-state index contributed by atoms with van der Waals surface area (Å²) in [6.07, 6.45) is 2.91. The van der Waals surface area contributed by atoms with Crippen LogP contribution in [0.4, 0.5) is 0 Å². The standard InChI is InChI=1S/C17H23NO/c1-4-10-18-12-17-16(9-11-19-17)15-7-5-14(6-8-15)13(2)3/h5-9,11,13,18H,4,10,12H2,1-3H3. The molecule has 0 saturated heterocycles. The number of hydrogen-bond acceptors (Lipinski definition) is 2. The largest absolute Gasteiger partial charge is 0.467 e. The zero-order chi connectivity index (χ0) is 13.7. The van der Waals surface area contributed by atoms with E-state index >= 15 is 0 Å². The Hall–Kier alpha value is -1.54. The molecule has 2 nitrogen and oxygen atoms in total. The van der Waals surface area contributed by atoms with Crippen molar-refractivity contribution in [1.29, 1.82) is 0 Å². The highest BCUT2D eigenvalue weighted by molar-refractivity contribution is 5.65. The summed E-state index contributed by atoms with van der Waals surface area (Å²) >= 11 is 0. The van der Waals surface area contributed by atoms with E-state index in [4.69, 9.17) is 4.42 Å². The van der Waals surface area contributed by atoms with Gasteiger partial charge in [0.1, 0.15) is 5.76 Å². The fraction of sp³-hybridized carbons (Fsp3) is 0.412. The minimum atomic E-state index is 0.573. The fourth-order valence-corrected chi connectivity index (χ4v) is 2.16. The SMILES string of the molecule is CCCNCc1occc1-c1ccc(C(C)C)cc1. The number of hydrogen-bond donors (Lipinski definition) is 1. The molecule has 0 amide bonds. The van der Waals surface area contributed by atoms with Crippen LogP contribution in [0.25, 0.3) is 11.1 Å². The molecular formula is C17H23NO. The molecule has 102 valence electrons. The lowest BCUT2D eigenvalue weighted by molar-refractivity contribution is 0.484. The molecule has 1 aromatic heterocycles. The van der Waals surface area contributed by atoms with Crippen molar-refractivity contribution in [3.05, 3.63) is 47.9 Å². The third-order valence-electron chi connectivity index (χ3n) is 3.35. The van der Waals surface area contributed by atoms with Gasteiger partial charge in [-0.3, -0.25) is 0 Å². The van der Waals surface area contributed by atoms with Crippen LogP contribution in [-0.2, 0) is 6.54 Å². The van der Waals surface area contributed by atoms with Gasteiger partial charge in [-0.2, -0.15) is 0 Å². The van der Waals surface area contributed by atoms with Crippen molar-refractivity contribution in [1.82, 2.24) is 5.32 Å². The van der Waals surface area contributed by atoms with E-state index in [9.17, 15) is 0 Å². The molecule has 2 rings (SSSR count). The first-order chi connectivity index (χ1) is 9.22. The smallest absolute Gasteiger partial charge is 0.125 e. The van der Waals surface area contributed by atoms with E-state index in [2.05, 4.69) is 50.4 Å². The maximum Gasteiger partial charge on any atom is 0.125 e. The van der Waals surface area contributed by atoms with Crippen molar-refractivity contribution < 1.29 is 4.42 Å². The van der Waals surface area contributed by atoms with Crippen LogP contribution in [0, 0.1) is 0 Å². The van der Waals surface area contributed by atoms with Gasteiger partial charge in [0, 0.05) is 5.56 Å². The monoisotopic (exact) mass is 257 g/mol. The van der Waals surface area contributed by atoms with Gasteiger partial charge in [-0.1, -0.05) is 45.0 Å². The summed E-state index contributed by atoms with van der Waals surface area (Å²) in [4.78, 5) is 0. The third kappa shape index (κ3) is 3.48. The van der Waals surface area contributed by atoms with Crippen molar-refractivity contribution >= 4 is 0 Å². The molecule has 0 spiro atoms. The Morgan fingerprint density at radius 2 is 1.84 bits per heavy atom. The molecule has 1 heterocycles. The first kappa shape index (κ1) is 13.9. The van der Waals surface area contributed by atoms with Crippen LogP contribution in [0.1, 0.15) is 44.4 Å². The van der Waals surface area contributed by atoms with Gasteiger partial charge in [-0.15, -0.1) is 0 Å². The summed E-state index contributed by atoms with van der Waals surface area (Å²) in [5, 5.41) is 3.38. The summed E-state index contributed by atoms with van der Waals surface area (Å²) < 4.78 is 5.58. The molecule has 0 aliphatic heterocycles.